The van der Waals surface area contributed by atoms with Crippen molar-refractivity contribution < 1.29 is 4.42 Å². The fourth-order valence-corrected chi connectivity index (χ4v) is 10.2. The highest BCUT2D eigenvalue weighted by atomic mass is 16.3. The Morgan fingerprint density at radius 1 is 0.308 bits per heavy atom. The number of aromatic nitrogens is 1. The Balaban J connectivity index is 0.948. The second kappa shape index (κ2) is 15.0. The molecule has 0 aliphatic carbocycles. The van der Waals surface area contributed by atoms with E-state index in [0.29, 0.717) is 0 Å². The van der Waals surface area contributed by atoms with Crippen LogP contribution in [0, 0.1) is 0 Å². The fraction of sp³-hybridized carbons (Fsp3) is 0. The van der Waals surface area contributed by atoms with Gasteiger partial charge in [-0.25, -0.2) is 0 Å². The van der Waals surface area contributed by atoms with E-state index in [1.807, 2.05) is 12.1 Å². The van der Waals surface area contributed by atoms with Crippen molar-refractivity contribution in [1.82, 2.24) is 4.57 Å². The van der Waals surface area contributed by atoms with E-state index >= 15 is 0 Å². The molecule has 3 heteroatoms. The molecule has 0 unspecified atom stereocenters. The van der Waals surface area contributed by atoms with Gasteiger partial charge >= 0.3 is 0 Å². The Morgan fingerprint density at radius 2 is 0.877 bits per heavy atom. The average Bonchev–Trinajstić information content (AvgIpc) is 3.93. The van der Waals surface area contributed by atoms with Gasteiger partial charge in [-0.05, 0) is 104 Å². The maximum atomic E-state index is 6.54. The molecular weight excluding hydrogens is 789 g/mol. The lowest BCUT2D eigenvalue weighted by atomic mass is 9.93. The summed E-state index contributed by atoms with van der Waals surface area (Å²) in [4.78, 5) is 2.38. The van der Waals surface area contributed by atoms with Gasteiger partial charge in [-0.1, -0.05) is 182 Å². The Bertz CT molecular complexity index is 3910. The Labute approximate surface area is 376 Å². The molecule has 0 radical (unpaired) electrons. The zero-order valence-electron chi connectivity index (χ0n) is 35.4. The third-order valence-electron chi connectivity index (χ3n) is 13.2. The van der Waals surface area contributed by atoms with Gasteiger partial charge in [0.05, 0.1) is 16.7 Å². The molecule has 0 amide bonds. The summed E-state index contributed by atoms with van der Waals surface area (Å²) in [5.74, 6) is 0. The number of para-hydroxylation sites is 5. The molecule has 0 saturated carbocycles. The average molecular weight is 829 g/mol. The normalized spacial score (nSPS) is 11.7. The molecule has 0 fully saturated rings. The van der Waals surface area contributed by atoms with E-state index < -0.39 is 0 Å². The first-order valence-corrected chi connectivity index (χ1v) is 22.2. The van der Waals surface area contributed by atoms with Gasteiger partial charge in [0, 0.05) is 49.7 Å². The van der Waals surface area contributed by atoms with Crippen molar-refractivity contribution in [2.75, 3.05) is 4.90 Å². The van der Waals surface area contributed by atoms with Crippen LogP contribution in [0.25, 0.3) is 104 Å². The van der Waals surface area contributed by atoms with E-state index in [-0.39, 0.29) is 0 Å². The number of nitrogens with zero attached hydrogens (tertiary/aromatic N) is 2. The lowest BCUT2D eigenvalue weighted by Gasteiger charge is -2.27. The first kappa shape index (κ1) is 36.9. The van der Waals surface area contributed by atoms with Crippen molar-refractivity contribution in [2.45, 2.75) is 0 Å². The SMILES string of the molecule is c1cc(-c2cccc3c2oc2ccccc23)cc(N(c2ccc(-c3ccccc3-c3ccccc3-n3c4ccccc4c4ccccc43)cc2)c2ccc3c(ccc4ccccc43)c2)c1. The van der Waals surface area contributed by atoms with Gasteiger partial charge < -0.3 is 13.9 Å². The van der Waals surface area contributed by atoms with Crippen LogP contribution in [0.4, 0.5) is 17.1 Å². The highest BCUT2D eigenvalue weighted by Gasteiger charge is 2.20. The third kappa shape index (κ3) is 6.05. The van der Waals surface area contributed by atoms with Gasteiger partial charge in [0.2, 0.25) is 0 Å². The Hall–Kier alpha value is -8.66. The highest BCUT2D eigenvalue weighted by molar-refractivity contribution is 6.12. The molecule has 2 aromatic heterocycles. The zero-order valence-corrected chi connectivity index (χ0v) is 35.4. The number of hydrogen-bond donors (Lipinski definition) is 0. The summed E-state index contributed by atoms with van der Waals surface area (Å²) in [6.07, 6.45) is 0. The predicted octanol–water partition coefficient (Wildman–Crippen LogP) is 17.5. The Kier molecular flexibility index (Phi) is 8.53. The number of anilines is 3. The van der Waals surface area contributed by atoms with Gasteiger partial charge in [0.25, 0.3) is 0 Å². The van der Waals surface area contributed by atoms with E-state index in [1.165, 1.54) is 60.0 Å². The van der Waals surface area contributed by atoms with Crippen molar-refractivity contribution in [3.63, 3.8) is 0 Å². The standard InChI is InChI=1S/C62H40N2O/c1-2-18-48-41(15-1)31-32-44-40-47(37-38-50(44)48)63(46-17-13-16-43(39-46)51-25-14-26-57-56-24-8-12-30-61(56)65-62(51)57)45-35-33-42(34-36-45)49-19-3-4-20-52(49)53-21-5-9-27-58(53)64-59-28-10-6-22-54(59)55-23-7-11-29-60(55)64/h1-40H. The molecule has 304 valence electrons. The molecule has 2 heterocycles. The Morgan fingerprint density at radius 3 is 1.69 bits per heavy atom. The predicted molar refractivity (Wildman–Crippen MR) is 274 cm³/mol. The van der Waals surface area contributed by atoms with Gasteiger partial charge in [-0.15, -0.1) is 0 Å². The summed E-state index contributed by atoms with van der Waals surface area (Å²) in [6, 6.07) is 87.7. The monoisotopic (exact) mass is 828 g/mol. The van der Waals surface area contributed by atoms with Crippen LogP contribution in [0.5, 0.6) is 0 Å². The zero-order chi connectivity index (χ0) is 42.8. The van der Waals surface area contributed by atoms with Crippen LogP contribution in [0.2, 0.25) is 0 Å². The van der Waals surface area contributed by atoms with Crippen molar-refractivity contribution in [3.8, 4) is 39.1 Å². The van der Waals surface area contributed by atoms with E-state index in [9.17, 15) is 0 Å². The van der Waals surface area contributed by atoms with Crippen LogP contribution in [-0.4, -0.2) is 4.57 Å². The number of benzene rings is 11. The van der Waals surface area contributed by atoms with Crippen molar-refractivity contribution >= 4 is 82.4 Å². The van der Waals surface area contributed by atoms with Crippen LogP contribution in [-0.2, 0) is 0 Å². The summed E-state index contributed by atoms with van der Waals surface area (Å²) in [5, 5.41) is 9.69. The van der Waals surface area contributed by atoms with Crippen LogP contribution in [0.1, 0.15) is 0 Å². The number of rotatable bonds is 7. The maximum absolute atomic E-state index is 6.54. The molecule has 0 N–H and O–H groups in total. The smallest absolute Gasteiger partial charge is 0.143 e. The summed E-state index contributed by atoms with van der Waals surface area (Å²) < 4.78 is 8.96. The largest absolute Gasteiger partial charge is 0.455 e. The van der Waals surface area contributed by atoms with Crippen molar-refractivity contribution in [3.05, 3.63) is 243 Å². The third-order valence-corrected chi connectivity index (χ3v) is 13.2. The minimum atomic E-state index is 0.897. The number of fused-ring (bicyclic) bond motifs is 9. The lowest BCUT2D eigenvalue weighted by Crippen LogP contribution is -2.10. The maximum Gasteiger partial charge on any atom is 0.143 e. The fourth-order valence-electron chi connectivity index (χ4n) is 10.2. The van der Waals surface area contributed by atoms with E-state index in [0.717, 1.165) is 61.4 Å². The molecule has 0 aliphatic rings. The molecule has 0 aliphatic heterocycles. The molecule has 11 aromatic carbocycles. The molecule has 3 nitrogen and oxygen atoms in total. The van der Waals surface area contributed by atoms with Gasteiger partial charge in [-0.2, -0.15) is 0 Å². The summed E-state index contributed by atoms with van der Waals surface area (Å²) in [5.41, 5.74) is 15.4. The molecule has 0 spiro atoms. The minimum absolute atomic E-state index is 0.897. The van der Waals surface area contributed by atoms with E-state index in [1.54, 1.807) is 0 Å². The molecule has 13 aromatic rings. The minimum Gasteiger partial charge on any atom is -0.455 e. The van der Waals surface area contributed by atoms with Crippen LogP contribution in [0.15, 0.2) is 247 Å². The van der Waals surface area contributed by atoms with Crippen LogP contribution < -0.4 is 4.90 Å². The number of hydrogen-bond acceptors (Lipinski definition) is 2. The number of furan rings is 1. The van der Waals surface area contributed by atoms with Crippen molar-refractivity contribution in [2.24, 2.45) is 0 Å². The molecule has 0 bridgehead atoms. The van der Waals surface area contributed by atoms with E-state index in [2.05, 4.69) is 240 Å². The van der Waals surface area contributed by atoms with Crippen molar-refractivity contribution in [1.29, 1.82) is 0 Å². The second-order valence-electron chi connectivity index (χ2n) is 16.8. The molecule has 65 heavy (non-hydrogen) atoms. The molecule has 0 atom stereocenters. The summed E-state index contributed by atoms with van der Waals surface area (Å²) >= 11 is 0. The van der Waals surface area contributed by atoms with Crippen LogP contribution >= 0.6 is 0 Å². The molecule has 0 saturated heterocycles. The molecule has 13 rings (SSSR count). The second-order valence-corrected chi connectivity index (χ2v) is 16.8. The topological polar surface area (TPSA) is 21.3 Å². The first-order valence-electron chi connectivity index (χ1n) is 22.2. The quantitative estimate of drug-likeness (QED) is 0.149. The molecular formula is C62H40N2O. The summed E-state index contributed by atoms with van der Waals surface area (Å²) in [7, 11) is 0. The first-order chi connectivity index (χ1) is 32.2. The van der Waals surface area contributed by atoms with Gasteiger partial charge in [0.15, 0.2) is 0 Å². The lowest BCUT2D eigenvalue weighted by molar-refractivity contribution is 0.670. The van der Waals surface area contributed by atoms with Gasteiger partial charge in [0.1, 0.15) is 11.2 Å². The van der Waals surface area contributed by atoms with Crippen LogP contribution in [0.3, 0.4) is 0 Å². The van der Waals surface area contributed by atoms with E-state index in [4.69, 9.17) is 4.42 Å². The highest BCUT2D eigenvalue weighted by Crippen LogP contribution is 2.44. The van der Waals surface area contributed by atoms with Gasteiger partial charge in [-0.3, -0.25) is 0 Å². The summed E-state index contributed by atoms with van der Waals surface area (Å²) in [6.45, 7) is 0.